The van der Waals surface area contributed by atoms with E-state index >= 15 is 0 Å². The fourth-order valence-electron chi connectivity index (χ4n) is 5.01. The smallest absolute Gasteiger partial charge is 0.0671 e. The van der Waals surface area contributed by atoms with E-state index in [9.17, 15) is 0 Å². The molecular formula is C28H36N4. The Morgan fingerprint density at radius 3 is 2.72 bits per heavy atom. The van der Waals surface area contributed by atoms with Crippen LogP contribution in [0.3, 0.4) is 0 Å². The van der Waals surface area contributed by atoms with Gasteiger partial charge in [-0.1, -0.05) is 26.5 Å². The van der Waals surface area contributed by atoms with Gasteiger partial charge >= 0.3 is 0 Å². The molecule has 4 heteroatoms. The highest BCUT2D eigenvalue weighted by molar-refractivity contribution is 6.03. The number of allylic oxidation sites excluding steroid dienone is 1. The number of nitrogens with two attached hydrogens (primary N) is 1. The molecule has 1 aliphatic carbocycles. The first-order chi connectivity index (χ1) is 15.2. The van der Waals surface area contributed by atoms with Crippen molar-refractivity contribution in [3.8, 4) is 0 Å². The van der Waals surface area contributed by atoms with Gasteiger partial charge in [0.25, 0.3) is 0 Å². The number of aromatic nitrogens is 1. The lowest BCUT2D eigenvalue weighted by molar-refractivity contribution is 0.387. The van der Waals surface area contributed by atoms with E-state index in [1.165, 1.54) is 16.7 Å². The van der Waals surface area contributed by atoms with Crippen molar-refractivity contribution in [3.05, 3.63) is 70.6 Å². The highest BCUT2D eigenvalue weighted by atomic mass is 15.2. The Morgan fingerprint density at radius 2 is 2.09 bits per heavy atom. The highest BCUT2D eigenvalue weighted by Gasteiger charge is 2.64. The van der Waals surface area contributed by atoms with Crippen LogP contribution >= 0.6 is 0 Å². The third-order valence-corrected chi connectivity index (χ3v) is 7.74. The van der Waals surface area contributed by atoms with E-state index in [1.807, 2.05) is 19.2 Å². The number of benzene rings is 1. The van der Waals surface area contributed by atoms with E-state index in [0.29, 0.717) is 12.0 Å². The van der Waals surface area contributed by atoms with E-state index in [0.717, 1.165) is 53.4 Å². The Morgan fingerprint density at radius 1 is 1.34 bits per heavy atom. The molecule has 2 aliphatic rings. The summed E-state index contributed by atoms with van der Waals surface area (Å²) < 4.78 is 0. The van der Waals surface area contributed by atoms with Gasteiger partial charge in [-0.15, -0.1) is 0 Å². The summed E-state index contributed by atoms with van der Waals surface area (Å²) in [4.78, 5) is 11.9. The first-order valence-corrected chi connectivity index (χ1v) is 11.6. The molecule has 3 atom stereocenters. The molecule has 4 rings (SSSR count). The van der Waals surface area contributed by atoms with Gasteiger partial charge in [-0.05, 0) is 86.2 Å². The minimum atomic E-state index is 0.255. The summed E-state index contributed by atoms with van der Waals surface area (Å²) in [6.07, 6.45) is 4.97. The molecular weight excluding hydrogens is 392 g/mol. The Kier molecular flexibility index (Phi) is 5.85. The summed E-state index contributed by atoms with van der Waals surface area (Å²) in [5.41, 5.74) is 16.7. The second-order valence-electron chi connectivity index (χ2n) is 9.80. The normalized spacial score (nSPS) is 25.2. The molecule has 0 radical (unpaired) electrons. The van der Waals surface area contributed by atoms with Crippen LogP contribution in [0, 0.1) is 25.2 Å². The number of hydrogen-bond acceptors (Lipinski definition) is 4. The van der Waals surface area contributed by atoms with Gasteiger partial charge in [-0.2, -0.15) is 0 Å². The number of aryl methyl sites for hydroxylation is 2. The van der Waals surface area contributed by atoms with Crippen molar-refractivity contribution in [2.75, 3.05) is 13.1 Å². The van der Waals surface area contributed by atoms with Crippen molar-refractivity contribution in [1.29, 1.82) is 0 Å². The Hall–Kier alpha value is -2.72. The van der Waals surface area contributed by atoms with Gasteiger partial charge < -0.3 is 10.6 Å². The van der Waals surface area contributed by atoms with Gasteiger partial charge in [0, 0.05) is 53.8 Å². The van der Waals surface area contributed by atoms with Crippen LogP contribution < -0.4 is 5.73 Å². The first-order valence-electron chi connectivity index (χ1n) is 11.6. The van der Waals surface area contributed by atoms with Crippen LogP contribution in [0.2, 0.25) is 0 Å². The molecule has 4 nitrogen and oxygen atoms in total. The maximum Gasteiger partial charge on any atom is 0.0671 e. The zero-order valence-corrected chi connectivity index (χ0v) is 20.4. The lowest BCUT2D eigenvalue weighted by atomic mass is 9.98. The maximum absolute atomic E-state index is 6.26. The highest BCUT2D eigenvalue weighted by Crippen LogP contribution is 2.57. The van der Waals surface area contributed by atoms with E-state index in [1.54, 1.807) is 0 Å². The fraction of sp³-hybridized carbons (Fsp3) is 0.429. The van der Waals surface area contributed by atoms with Crippen LogP contribution in [0.15, 0.2) is 47.6 Å². The minimum Gasteiger partial charge on any atom is -0.371 e. The summed E-state index contributed by atoms with van der Waals surface area (Å²) in [7, 11) is 0. The Balaban J connectivity index is 1.64. The van der Waals surface area contributed by atoms with Crippen LogP contribution in [0.1, 0.15) is 55.6 Å². The van der Waals surface area contributed by atoms with E-state index in [2.05, 4.69) is 75.4 Å². The van der Waals surface area contributed by atoms with Crippen LogP contribution in [0.4, 0.5) is 5.69 Å². The topological polar surface area (TPSA) is 54.5 Å². The fourth-order valence-corrected chi connectivity index (χ4v) is 5.01. The van der Waals surface area contributed by atoms with Crippen molar-refractivity contribution < 1.29 is 0 Å². The zero-order chi connectivity index (χ0) is 23.2. The lowest BCUT2D eigenvalue weighted by Gasteiger charge is -2.26. The van der Waals surface area contributed by atoms with Crippen LogP contribution in [-0.4, -0.2) is 34.7 Å². The summed E-state index contributed by atoms with van der Waals surface area (Å²) in [6, 6.07) is 8.91. The SMILES string of the molecule is C=C(c1cc(CC)c(C)c(N=C(C)/C(C)=C/c2cccnc2C)c1)N1CC2C(N)C2(C)C1. The predicted molar refractivity (Wildman–Crippen MR) is 136 cm³/mol. The second-order valence-corrected chi connectivity index (χ2v) is 9.80. The molecule has 168 valence electrons. The molecule has 1 aromatic heterocycles. The molecule has 1 aromatic carbocycles. The number of nitrogens with zero attached hydrogens (tertiary/aromatic N) is 3. The zero-order valence-electron chi connectivity index (χ0n) is 20.4. The Labute approximate surface area is 193 Å². The van der Waals surface area contributed by atoms with Crippen molar-refractivity contribution in [1.82, 2.24) is 9.88 Å². The number of piperidine rings is 1. The largest absolute Gasteiger partial charge is 0.371 e. The van der Waals surface area contributed by atoms with Crippen LogP contribution in [0.25, 0.3) is 11.8 Å². The molecule has 2 aromatic rings. The molecule has 2 N–H and O–H groups in total. The average molecular weight is 429 g/mol. The molecule has 1 saturated heterocycles. The van der Waals surface area contributed by atoms with Crippen LogP contribution in [-0.2, 0) is 6.42 Å². The quantitative estimate of drug-likeness (QED) is 0.600. The van der Waals surface area contributed by atoms with Gasteiger partial charge in [-0.3, -0.25) is 9.98 Å². The standard InChI is InChI=1S/C28H36N4/c1-8-22-13-24(21(6)32-15-25-27(29)28(25,7)16-32)14-26(18(22)3)31-19(4)17(2)12-23-10-9-11-30-20(23)5/h9-14,25,27H,6,8,15-16,29H2,1-5,7H3/b17-12+,31-19?. The second kappa shape index (κ2) is 8.32. The number of likely N-dealkylation sites (tertiary alicyclic amines) is 1. The Bertz CT molecular complexity index is 1130. The molecule has 2 fully saturated rings. The third-order valence-electron chi connectivity index (χ3n) is 7.74. The predicted octanol–water partition coefficient (Wildman–Crippen LogP) is 5.71. The van der Waals surface area contributed by atoms with E-state index in [-0.39, 0.29) is 5.41 Å². The van der Waals surface area contributed by atoms with Crippen molar-refractivity contribution in [3.63, 3.8) is 0 Å². The average Bonchev–Trinajstić information content (AvgIpc) is 3.08. The first kappa shape index (κ1) is 22.5. The molecule has 0 amide bonds. The summed E-state index contributed by atoms with van der Waals surface area (Å²) in [5.74, 6) is 0.596. The van der Waals surface area contributed by atoms with Crippen molar-refractivity contribution in [2.24, 2.45) is 22.1 Å². The number of rotatable bonds is 6. The van der Waals surface area contributed by atoms with Crippen LogP contribution in [0.5, 0.6) is 0 Å². The van der Waals surface area contributed by atoms with Crippen molar-refractivity contribution in [2.45, 2.75) is 54.0 Å². The number of hydrogen-bond donors (Lipinski definition) is 1. The summed E-state index contributed by atoms with van der Waals surface area (Å²) in [5, 5.41) is 0. The van der Waals surface area contributed by atoms with Gasteiger partial charge in [0.1, 0.15) is 0 Å². The monoisotopic (exact) mass is 428 g/mol. The summed E-state index contributed by atoms with van der Waals surface area (Å²) in [6.45, 7) is 19.4. The third kappa shape index (κ3) is 3.93. The minimum absolute atomic E-state index is 0.255. The number of pyridine rings is 1. The molecule has 3 unspecified atom stereocenters. The van der Waals surface area contributed by atoms with Gasteiger partial charge in [-0.25, -0.2) is 0 Å². The van der Waals surface area contributed by atoms with Gasteiger partial charge in [0.15, 0.2) is 0 Å². The molecule has 2 heterocycles. The lowest BCUT2D eigenvalue weighted by Crippen LogP contribution is -2.29. The molecule has 1 aliphatic heterocycles. The maximum atomic E-state index is 6.26. The van der Waals surface area contributed by atoms with E-state index < -0.39 is 0 Å². The molecule has 0 bridgehead atoms. The molecule has 1 saturated carbocycles. The summed E-state index contributed by atoms with van der Waals surface area (Å²) >= 11 is 0. The number of aliphatic imine (C=N–C) groups is 1. The van der Waals surface area contributed by atoms with Crippen molar-refractivity contribution >= 4 is 23.2 Å². The molecule has 32 heavy (non-hydrogen) atoms. The van der Waals surface area contributed by atoms with Gasteiger partial charge in [0.2, 0.25) is 0 Å². The number of fused-ring (bicyclic) bond motifs is 1. The van der Waals surface area contributed by atoms with E-state index in [4.69, 9.17) is 10.7 Å². The van der Waals surface area contributed by atoms with Gasteiger partial charge in [0.05, 0.1) is 5.69 Å². The molecule has 0 spiro atoms.